The first kappa shape index (κ1) is 18.4. The molecule has 1 aromatic heterocycles. The number of rotatable bonds is 3. The summed E-state index contributed by atoms with van der Waals surface area (Å²) in [4.78, 5) is 31.5. The normalized spacial score (nSPS) is 19.5. The number of pyridine rings is 1. The van der Waals surface area contributed by atoms with Gasteiger partial charge in [0.05, 0.1) is 6.04 Å². The Morgan fingerprint density at radius 1 is 1.19 bits per heavy atom. The molecule has 0 aliphatic carbocycles. The Hall–Kier alpha value is -2.35. The van der Waals surface area contributed by atoms with E-state index in [-0.39, 0.29) is 21.7 Å². The molecule has 26 heavy (non-hydrogen) atoms. The van der Waals surface area contributed by atoms with E-state index in [1.165, 1.54) is 4.90 Å². The molecule has 1 fully saturated rings. The third-order valence-electron chi connectivity index (χ3n) is 4.44. The zero-order valence-corrected chi connectivity index (χ0v) is 15.8. The second kappa shape index (κ2) is 7.49. The molecule has 1 amide bonds. The number of nitrogens with zero attached hydrogens (tertiary/aromatic N) is 2. The van der Waals surface area contributed by atoms with E-state index in [0.717, 1.165) is 5.69 Å². The van der Waals surface area contributed by atoms with Crippen LogP contribution in [0.5, 0.6) is 0 Å². The van der Waals surface area contributed by atoms with Crippen LogP contribution in [-0.4, -0.2) is 34.7 Å². The highest BCUT2D eigenvalue weighted by molar-refractivity contribution is 6.37. The molecule has 3 rings (SSSR count). The van der Waals surface area contributed by atoms with Crippen molar-refractivity contribution in [2.24, 2.45) is 0 Å². The molecule has 1 aliphatic heterocycles. The number of Topliss-reactive ketones (excluding diaryl/α,β-unsaturated/α-hetero) is 1. The highest BCUT2D eigenvalue weighted by Crippen LogP contribution is 2.39. The number of ketones is 1. The van der Waals surface area contributed by atoms with Crippen molar-refractivity contribution >= 4 is 34.9 Å². The van der Waals surface area contributed by atoms with E-state index < -0.39 is 12.0 Å². The molecule has 2 aromatic rings. The average Bonchev–Trinajstić information content (AvgIpc) is 2.80. The van der Waals surface area contributed by atoms with E-state index in [1.807, 2.05) is 12.1 Å². The predicted octanol–water partition coefficient (Wildman–Crippen LogP) is 3.50. The quantitative estimate of drug-likeness (QED) is 0.599. The number of likely N-dealkylation sites (N-methyl/N-ethyl adjacent to an activating group) is 1. The summed E-state index contributed by atoms with van der Waals surface area (Å²) in [5.74, 6) is 4.11. The molecule has 0 bridgehead atoms. The van der Waals surface area contributed by atoms with Crippen LogP contribution in [-0.2, 0) is 16.0 Å². The molecule has 0 radical (unpaired) electrons. The predicted molar refractivity (Wildman–Crippen MR) is 101 cm³/mol. The van der Waals surface area contributed by atoms with Crippen LogP contribution >= 0.6 is 23.2 Å². The van der Waals surface area contributed by atoms with E-state index in [0.29, 0.717) is 17.5 Å². The largest absolute Gasteiger partial charge is 0.334 e. The van der Waals surface area contributed by atoms with E-state index in [2.05, 4.69) is 16.8 Å². The second-order valence-corrected chi connectivity index (χ2v) is 6.87. The summed E-state index contributed by atoms with van der Waals surface area (Å²) in [6.45, 7) is 1.71. The van der Waals surface area contributed by atoms with Gasteiger partial charge in [0, 0.05) is 46.5 Å². The molecule has 1 saturated heterocycles. The van der Waals surface area contributed by atoms with Crippen LogP contribution in [0, 0.1) is 11.8 Å². The van der Waals surface area contributed by atoms with Crippen molar-refractivity contribution in [3.8, 4) is 11.8 Å². The summed E-state index contributed by atoms with van der Waals surface area (Å²) in [5.41, 5.74) is 1.74. The summed E-state index contributed by atoms with van der Waals surface area (Å²) < 4.78 is 0. The number of halogens is 2. The van der Waals surface area contributed by atoms with Gasteiger partial charge in [-0.15, -0.1) is 5.92 Å². The van der Waals surface area contributed by atoms with Crippen LogP contribution in [0.15, 0.2) is 36.5 Å². The number of hydrogen-bond donors (Lipinski definition) is 0. The molecule has 2 heterocycles. The van der Waals surface area contributed by atoms with Crippen LogP contribution in [0.3, 0.4) is 0 Å². The minimum Gasteiger partial charge on any atom is -0.334 e. The van der Waals surface area contributed by atoms with Gasteiger partial charge in [-0.05, 0) is 31.2 Å². The van der Waals surface area contributed by atoms with Crippen LogP contribution < -0.4 is 0 Å². The standard InChI is InChI=1S/C20H16Cl2N2O2/c1-3-6-12-9-14(21)17(15(22)10-12)18-19(25)16(24(2)20(18)26)11-13-7-4-5-8-23-13/h4-5,7-10,16,18H,11H2,1-2H3. The molecule has 4 nitrogen and oxygen atoms in total. The number of carbonyl (C=O) groups excluding carboxylic acids is 2. The Kier molecular flexibility index (Phi) is 5.31. The van der Waals surface area contributed by atoms with Gasteiger partial charge in [0.15, 0.2) is 5.78 Å². The molecule has 2 unspecified atom stereocenters. The van der Waals surface area contributed by atoms with Gasteiger partial charge >= 0.3 is 0 Å². The monoisotopic (exact) mass is 386 g/mol. The van der Waals surface area contributed by atoms with Gasteiger partial charge in [0.25, 0.3) is 0 Å². The van der Waals surface area contributed by atoms with Crippen LogP contribution in [0.25, 0.3) is 0 Å². The van der Waals surface area contributed by atoms with Crippen LogP contribution in [0.1, 0.15) is 29.7 Å². The molecule has 0 spiro atoms. The lowest BCUT2D eigenvalue weighted by atomic mass is 9.92. The highest BCUT2D eigenvalue weighted by Gasteiger charge is 2.47. The van der Waals surface area contributed by atoms with Gasteiger partial charge in [0.2, 0.25) is 5.91 Å². The Labute approximate surface area is 162 Å². The molecule has 6 heteroatoms. The zero-order chi connectivity index (χ0) is 18.8. The van der Waals surface area contributed by atoms with Crippen molar-refractivity contribution in [2.45, 2.75) is 25.3 Å². The van der Waals surface area contributed by atoms with Gasteiger partial charge < -0.3 is 4.90 Å². The average molecular weight is 387 g/mol. The molecular weight excluding hydrogens is 371 g/mol. The Balaban J connectivity index is 1.97. The van der Waals surface area contributed by atoms with Crippen LogP contribution in [0.4, 0.5) is 0 Å². The van der Waals surface area contributed by atoms with Crippen molar-refractivity contribution in [1.29, 1.82) is 0 Å². The van der Waals surface area contributed by atoms with Crippen molar-refractivity contribution < 1.29 is 9.59 Å². The lowest BCUT2D eigenvalue weighted by Gasteiger charge is -2.17. The molecule has 132 valence electrons. The van der Waals surface area contributed by atoms with E-state index in [4.69, 9.17) is 23.2 Å². The highest BCUT2D eigenvalue weighted by atomic mass is 35.5. The Morgan fingerprint density at radius 2 is 1.88 bits per heavy atom. The number of hydrogen-bond acceptors (Lipinski definition) is 3. The minimum absolute atomic E-state index is 0.221. The van der Waals surface area contributed by atoms with Crippen LogP contribution in [0.2, 0.25) is 10.0 Å². The topological polar surface area (TPSA) is 50.3 Å². The van der Waals surface area contributed by atoms with Crippen molar-refractivity contribution in [1.82, 2.24) is 9.88 Å². The first-order valence-corrected chi connectivity index (χ1v) is 8.81. The summed E-state index contributed by atoms with van der Waals surface area (Å²) in [7, 11) is 1.62. The molecule has 0 N–H and O–H groups in total. The molecular formula is C20H16Cl2N2O2. The number of carbonyl (C=O) groups is 2. The summed E-state index contributed by atoms with van der Waals surface area (Å²) in [6.07, 6.45) is 2.02. The van der Waals surface area contributed by atoms with Crippen molar-refractivity contribution in [2.75, 3.05) is 7.05 Å². The van der Waals surface area contributed by atoms with Gasteiger partial charge in [-0.1, -0.05) is 35.2 Å². The Bertz CT molecular complexity index is 909. The van der Waals surface area contributed by atoms with Gasteiger partial charge in [-0.25, -0.2) is 0 Å². The van der Waals surface area contributed by atoms with E-state index in [9.17, 15) is 9.59 Å². The Morgan fingerprint density at radius 3 is 2.46 bits per heavy atom. The van der Waals surface area contributed by atoms with Gasteiger partial charge in [0.1, 0.15) is 5.92 Å². The van der Waals surface area contributed by atoms with Crippen molar-refractivity contribution in [3.05, 3.63) is 63.4 Å². The fraction of sp³-hybridized carbons (Fsp3) is 0.250. The second-order valence-electron chi connectivity index (χ2n) is 6.05. The fourth-order valence-electron chi connectivity index (χ4n) is 3.16. The van der Waals surface area contributed by atoms with Gasteiger partial charge in [-0.2, -0.15) is 0 Å². The maximum atomic E-state index is 13.0. The molecule has 1 aromatic carbocycles. The summed E-state index contributed by atoms with van der Waals surface area (Å²) >= 11 is 12.7. The zero-order valence-electron chi connectivity index (χ0n) is 14.3. The summed E-state index contributed by atoms with van der Waals surface area (Å²) in [6, 6.07) is 8.15. The number of amides is 1. The van der Waals surface area contributed by atoms with E-state index in [1.54, 1.807) is 38.4 Å². The number of benzene rings is 1. The first-order valence-electron chi connectivity index (χ1n) is 8.06. The summed E-state index contributed by atoms with van der Waals surface area (Å²) in [5, 5.41) is 0.544. The van der Waals surface area contributed by atoms with Crippen molar-refractivity contribution in [3.63, 3.8) is 0 Å². The lowest BCUT2D eigenvalue weighted by molar-refractivity contribution is -0.129. The third-order valence-corrected chi connectivity index (χ3v) is 5.07. The maximum absolute atomic E-state index is 13.0. The number of likely N-dealkylation sites (tertiary alicyclic amines) is 1. The third kappa shape index (κ3) is 3.33. The maximum Gasteiger partial charge on any atom is 0.238 e. The number of aromatic nitrogens is 1. The van der Waals surface area contributed by atoms with Gasteiger partial charge in [-0.3, -0.25) is 14.6 Å². The molecule has 0 saturated carbocycles. The SMILES string of the molecule is CC#Cc1cc(Cl)c(C2C(=O)C(Cc3ccccn3)N(C)C2=O)c(Cl)c1. The first-order chi connectivity index (χ1) is 12.4. The smallest absolute Gasteiger partial charge is 0.238 e. The lowest BCUT2D eigenvalue weighted by Crippen LogP contribution is -2.33. The fourth-order valence-corrected chi connectivity index (χ4v) is 3.86. The minimum atomic E-state index is -1.00. The molecule has 1 aliphatic rings. The van der Waals surface area contributed by atoms with E-state index >= 15 is 0 Å². The molecule has 2 atom stereocenters.